The van der Waals surface area contributed by atoms with Gasteiger partial charge >= 0.3 is 0 Å². The Balaban J connectivity index is 2.10. The smallest absolute Gasteiger partial charge is 0.0474 e. The molecule has 0 saturated carbocycles. The summed E-state index contributed by atoms with van der Waals surface area (Å²) in [5.41, 5.74) is 2.75. The fraction of sp³-hybridized carbons (Fsp3) is 0.538. The van der Waals surface area contributed by atoms with E-state index in [1.807, 2.05) is 0 Å². The number of ether oxygens (including phenoxy) is 1. The van der Waals surface area contributed by atoms with Crippen molar-refractivity contribution in [2.75, 3.05) is 26.8 Å². The van der Waals surface area contributed by atoms with Gasteiger partial charge in [0.05, 0.1) is 0 Å². The van der Waals surface area contributed by atoms with E-state index in [-0.39, 0.29) is 0 Å². The van der Waals surface area contributed by atoms with Crippen molar-refractivity contribution in [2.45, 2.75) is 19.8 Å². The van der Waals surface area contributed by atoms with Crippen LogP contribution < -0.4 is 5.32 Å². The van der Waals surface area contributed by atoms with Crippen LogP contribution in [0.1, 0.15) is 17.5 Å². The molecule has 0 aliphatic carbocycles. The van der Waals surface area contributed by atoms with E-state index in [0.29, 0.717) is 0 Å². The van der Waals surface area contributed by atoms with Gasteiger partial charge in [-0.1, -0.05) is 29.8 Å². The number of benzene rings is 1. The maximum Gasteiger partial charge on any atom is 0.0474 e. The van der Waals surface area contributed by atoms with E-state index in [9.17, 15) is 0 Å². The molecule has 84 valence electrons. The summed E-state index contributed by atoms with van der Waals surface area (Å²) in [5, 5.41) is 3.41. The van der Waals surface area contributed by atoms with E-state index < -0.39 is 0 Å². The zero-order valence-electron chi connectivity index (χ0n) is 9.75. The first kappa shape index (κ1) is 12.2. The van der Waals surface area contributed by atoms with Crippen molar-refractivity contribution in [1.82, 2.24) is 5.32 Å². The van der Waals surface area contributed by atoms with Crippen LogP contribution in [0.5, 0.6) is 0 Å². The van der Waals surface area contributed by atoms with E-state index in [2.05, 4.69) is 36.5 Å². The zero-order valence-corrected chi connectivity index (χ0v) is 9.75. The first-order chi connectivity index (χ1) is 7.33. The van der Waals surface area contributed by atoms with Crippen molar-refractivity contribution in [1.29, 1.82) is 0 Å². The molecule has 0 bridgehead atoms. The van der Waals surface area contributed by atoms with Gasteiger partial charge in [0.15, 0.2) is 0 Å². The van der Waals surface area contributed by atoms with Crippen molar-refractivity contribution in [2.24, 2.45) is 0 Å². The van der Waals surface area contributed by atoms with Crippen LogP contribution in [0, 0.1) is 6.92 Å². The van der Waals surface area contributed by atoms with Crippen molar-refractivity contribution < 1.29 is 4.74 Å². The minimum absolute atomic E-state index is 0.845. The first-order valence-corrected chi connectivity index (χ1v) is 5.58. The quantitative estimate of drug-likeness (QED) is 0.692. The second-order valence-electron chi connectivity index (χ2n) is 3.84. The summed E-state index contributed by atoms with van der Waals surface area (Å²) < 4.78 is 4.98. The van der Waals surface area contributed by atoms with E-state index in [0.717, 1.165) is 32.5 Å². The number of rotatable bonds is 7. The Labute approximate surface area is 92.6 Å². The highest BCUT2D eigenvalue weighted by molar-refractivity contribution is 5.22. The van der Waals surface area contributed by atoms with Gasteiger partial charge < -0.3 is 10.1 Å². The number of methoxy groups -OCH3 is 1. The fourth-order valence-corrected chi connectivity index (χ4v) is 1.57. The standard InChI is InChI=1S/C13H21NO/c1-12-5-3-6-13(11-12)7-9-14-8-4-10-15-2/h3,5-6,11,14H,4,7-10H2,1-2H3. The van der Waals surface area contributed by atoms with Crippen LogP contribution in [-0.4, -0.2) is 26.8 Å². The molecule has 2 heteroatoms. The molecule has 0 amide bonds. The maximum atomic E-state index is 4.98. The second-order valence-corrected chi connectivity index (χ2v) is 3.84. The molecule has 15 heavy (non-hydrogen) atoms. The summed E-state index contributed by atoms with van der Waals surface area (Å²) in [6, 6.07) is 8.69. The Morgan fingerprint density at radius 2 is 2.13 bits per heavy atom. The number of hydrogen-bond acceptors (Lipinski definition) is 2. The molecule has 1 N–H and O–H groups in total. The monoisotopic (exact) mass is 207 g/mol. The average molecular weight is 207 g/mol. The van der Waals surface area contributed by atoms with Crippen molar-refractivity contribution in [3.8, 4) is 0 Å². The molecule has 0 fully saturated rings. The molecular formula is C13H21NO. The van der Waals surface area contributed by atoms with E-state index in [1.165, 1.54) is 11.1 Å². The Kier molecular flexibility index (Phi) is 6.05. The topological polar surface area (TPSA) is 21.3 Å². The molecule has 0 aliphatic heterocycles. The lowest BCUT2D eigenvalue weighted by Gasteiger charge is -2.05. The van der Waals surface area contributed by atoms with Gasteiger partial charge in [0.2, 0.25) is 0 Å². The lowest BCUT2D eigenvalue weighted by Crippen LogP contribution is -2.19. The van der Waals surface area contributed by atoms with Gasteiger partial charge in [-0.2, -0.15) is 0 Å². The predicted octanol–water partition coefficient (Wildman–Crippen LogP) is 2.16. The summed E-state index contributed by atoms with van der Waals surface area (Å²) >= 11 is 0. The Bertz CT molecular complexity index is 273. The molecule has 0 aromatic heterocycles. The molecule has 0 radical (unpaired) electrons. The summed E-state index contributed by atoms with van der Waals surface area (Å²) in [5.74, 6) is 0. The van der Waals surface area contributed by atoms with Gasteiger partial charge in [0, 0.05) is 13.7 Å². The Morgan fingerprint density at radius 1 is 1.27 bits per heavy atom. The Hall–Kier alpha value is -0.860. The average Bonchev–Trinajstić information content (AvgIpc) is 2.23. The third kappa shape index (κ3) is 5.55. The van der Waals surface area contributed by atoms with Gasteiger partial charge in [-0.15, -0.1) is 0 Å². The molecule has 0 atom stereocenters. The number of aryl methyl sites for hydroxylation is 1. The van der Waals surface area contributed by atoms with E-state index >= 15 is 0 Å². The second kappa shape index (κ2) is 7.43. The van der Waals surface area contributed by atoms with Crippen LogP contribution in [-0.2, 0) is 11.2 Å². The highest BCUT2D eigenvalue weighted by Crippen LogP contribution is 2.03. The van der Waals surface area contributed by atoms with Crippen LogP contribution >= 0.6 is 0 Å². The van der Waals surface area contributed by atoms with Crippen LogP contribution in [0.15, 0.2) is 24.3 Å². The molecular weight excluding hydrogens is 186 g/mol. The van der Waals surface area contributed by atoms with Gasteiger partial charge in [-0.3, -0.25) is 0 Å². The molecule has 0 spiro atoms. The number of hydrogen-bond donors (Lipinski definition) is 1. The van der Waals surface area contributed by atoms with E-state index in [1.54, 1.807) is 7.11 Å². The van der Waals surface area contributed by atoms with Gasteiger partial charge in [0.25, 0.3) is 0 Å². The molecule has 0 saturated heterocycles. The first-order valence-electron chi connectivity index (χ1n) is 5.58. The Morgan fingerprint density at radius 3 is 2.87 bits per heavy atom. The molecule has 2 nitrogen and oxygen atoms in total. The third-order valence-electron chi connectivity index (χ3n) is 2.37. The highest BCUT2D eigenvalue weighted by atomic mass is 16.5. The van der Waals surface area contributed by atoms with Crippen molar-refractivity contribution in [3.05, 3.63) is 35.4 Å². The number of nitrogens with one attached hydrogen (secondary N) is 1. The van der Waals surface area contributed by atoms with Crippen LogP contribution in [0.4, 0.5) is 0 Å². The highest BCUT2D eigenvalue weighted by Gasteiger charge is 1.93. The minimum atomic E-state index is 0.845. The lowest BCUT2D eigenvalue weighted by atomic mass is 10.1. The van der Waals surface area contributed by atoms with Gasteiger partial charge in [0.1, 0.15) is 0 Å². The van der Waals surface area contributed by atoms with Gasteiger partial charge in [-0.25, -0.2) is 0 Å². The largest absolute Gasteiger partial charge is 0.385 e. The fourth-order valence-electron chi connectivity index (χ4n) is 1.57. The normalized spacial score (nSPS) is 10.5. The predicted molar refractivity (Wildman–Crippen MR) is 64.2 cm³/mol. The molecule has 1 rings (SSSR count). The minimum Gasteiger partial charge on any atom is -0.385 e. The van der Waals surface area contributed by atoms with Crippen LogP contribution in [0.2, 0.25) is 0 Å². The van der Waals surface area contributed by atoms with Gasteiger partial charge in [-0.05, 0) is 38.4 Å². The molecule has 1 aromatic rings. The maximum absolute atomic E-state index is 4.98. The summed E-state index contributed by atoms with van der Waals surface area (Å²) in [6.45, 7) is 5.07. The molecule has 0 unspecified atom stereocenters. The molecule has 0 aliphatic rings. The van der Waals surface area contributed by atoms with Crippen LogP contribution in [0.3, 0.4) is 0 Å². The molecule has 0 heterocycles. The molecule has 1 aromatic carbocycles. The summed E-state index contributed by atoms with van der Waals surface area (Å²) in [4.78, 5) is 0. The van der Waals surface area contributed by atoms with Crippen molar-refractivity contribution in [3.63, 3.8) is 0 Å². The lowest BCUT2D eigenvalue weighted by molar-refractivity contribution is 0.194. The van der Waals surface area contributed by atoms with Crippen LogP contribution in [0.25, 0.3) is 0 Å². The third-order valence-corrected chi connectivity index (χ3v) is 2.37. The summed E-state index contributed by atoms with van der Waals surface area (Å²) in [7, 11) is 1.74. The zero-order chi connectivity index (χ0) is 10.9. The summed E-state index contributed by atoms with van der Waals surface area (Å²) in [6.07, 6.45) is 2.19. The SMILES string of the molecule is COCCCNCCc1cccc(C)c1. The van der Waals surface area contributed by atoms with Crippen molar-refractivity contribution >= 4 is 0 Å². The van der Waals surface area contributed by atoms with E-state index in [4.69, 9.17) is 4.74 Å².